The number of hydrogen-bond donors (Lipinski definition) is 1. The minimum atomic E-state index is -0.388. The average Bonchev–Trinajstić information content (AvgIpc) is 2.37. The van der Waals surface area contributed by atoms with Gasteiger partial charge < -0.3 is 4.74 Å². The minimum Gasteiger partial charge on any atom is -0.457 e. The molecule has 0 bridgehead atoms. The third-order valence-electron chi connectivity index (χ3n) is 2.38. The molecule has 0 saturated heterocycles. The molecular weight excluding hydrogens is 268 g/mol. The topological polar surface area (TPSA) is 26.3 Å². The van der Waals surface area contributed by atoms with Crippen LogP contribution in [0.15, 0.2) is 53.4 Å². The second-order valence-corrected chi connectivity index (χ2v) is 4.64. The highest BCUT2D eigenvalue weighted by atomic mass is 35.5. The van der Waals surface area contributed by atoms with Crippen LogP contribution in [0, 0.1) is 0 Å². The Morgan fingerprint density at radius 2 is 1.94 bits per heavy atom. The van der Waals surface area contributed by atoms with Gasteiger partial charge in [-0.2, -0.15) is 0 Å². The summed E-state index contributed by atoms with van der Waals surface area (Å²) >= 11 is 10.1. The van der Waals surface area contributed by atoms with Crippen LogP contribution in [0.25, 0.3) is 0 Å². The highest BCUT2D eigenvalue weighted by Crippen LogP contribution is 2.16. The molecule has 2 aromatic rings. The standard InChI is InChI=1S/C14H11ClO2S/c15-11-5-3-4-10(8-11)9-17-14(16)12-6-1-2-7-13(12)18/h1-8,18H,9H2. The summed E-state index contributed by atoms with van der Waals surface area (Å²) in [5.74, 6) is -0.388. The number of hydrogen-bond acceptors (Lipinski definition) is 3. The number of halogens is 1. The van der Waals surface area contributed by atoms with E-state index in [0.717, 1.165) is 5.56 Å². The Hall–Kier alpha value is -1.45. The number of ether oxygens (including phenoxy) is 1. The molecule has 0 heterocycles. The molecule has 0 fully saturated rings. The van der Waals surface area contributed by atoms with Gasteiger partial charge in [-0.05, 0) is 29.8 Å². The largest absolute Gasteiger partial charge is 0.457 e. The highest BCUT2D eigenvalue weighted by molar-refractivity contribution is 7.80. The number of thiol groups is 1. The van der Waals surface area contributed by atoms with E-state index in [0.29, 0.717) is 15.5 Å². The van der Waals surface area contributed by atoms with Crippen LogP contribution in [0.1, 0.15) is 15.9 Å². The zero-order valence-electron chi connectivity index (χ0n) is 9.47. The lowest BCUT2D eigenvalue weighted by Gasteiger charge is -2.06. The Labute approximate surface area is 116 Å². The predicted molar refractivity (Wildman–Crippen MR) is 74.3 cm³/mol. The van der Waals surface area contributed by atoms with Crippen molar-refractivity contribution in [2.75, 3.05) is 0 Å². The van der Waals surface area contributed by atoms with Crippen LogP contribution in [0.5, 0.6) is 0 Å². The van der Waals surface area contributed by atoms with E-state index >= 15 is 0 Å². The van der Waals surface area contributed by atoms with Crippen LogP contribution >= 0.6 is 24.2 Å². The lowest BCUT2D eigenvalue weighted by molar-refractivity contribution is 0.0468. The third-order valence-corrected chi connectivity index (χ3v) is 3.01. The number of benzene rings is 2. The lowest BCUT2D eigenvalue weighted by Crippen LogP contribution is -2.06. The number of rotatable bonds is 3. The van der Waals surface area contributed by atoms with Crippen molar-refractivity contribution in [1.29, 1.82) is 0 Å². The first-order valence-electron chi connectivity index (χ1n) is 5.36. The zero-order chi connectivity index (χ0) is 13.0. The number of carbonyl (C=O) groups excluding carboxylic acids is 1. The van der Waals surface area contributed by atoms with E-state index in [4.69, 9.17) is 16.3 Å². The van der Waals surface area contributed by atoms with Gasteiger partial charge in [-0.25, -0.2) is 4.79 Å². The molecule has 4 heteroatoms. The maximum atomic E-state index is 11.8. The first-order valence-corrected chi connectivity index (χ1v) is 6.19. The normalized spacial score (nSPS) is 10.1. The van der Waals surface area contributed by atoms with Gasteiger partial charge in [0.1, 0.15) is 6.61 Å². The summed E-state index contributed by atoms with van der Waals surface area (Å²) in [6, 6.07) is 14.2. The summed E-state index contributed by atoms with van der Waals surface area (Å²) in [4.78, 5) is 12.4. The van der Waals surface area contributed by atoms with Crippen LogP contribution in [0.2, 0.25) is 5.02 Å². The van der Waals surface area contributed by atoms with Crippen molar-refractivity contribution in [3.05, 3.63) is 64.7 Å². The van der Waals surface area contributed by atoms with Gasteiger partial charge in [0.25, 0.3) is 0 Å². The van der Waals surface area contributed by atoms with Crippen molar-refractivity contribution in [1.82, 2.24) is 0 Å². The molecule has 0 aromatic heterocycles. The summed E-state index contributed by atoms with van der Waals surface area (Å²) in [6.07, 6.45) is 0. The first-order chi connectivity index (χ1) is 8.66. The Morgan fingerprint density at radius 3 is 2.67 bits per heavy atom. The molecule has 18 heavy (non-hydrogen) atoms. The van der Waals surface area contributed by atoms with Crippen LogP contribution in [-0.2, 0) is 11.3 Å². The number of carbonyl (C=O) groups is 1. The smallest absolute Gasteiger partial charge is 0.339 e. The van der Waals surface area contributed by atoms with E-state index in [2.05, 4.69) is 12.6 Å². The molecular formula is C14H11ClO2S. The van der Waals surface area contributed by atoms with E-state index in [-0.39, 0.29) is 12.6 Å². The van der Waals surface area contributed by atoms with Crippen LogP contribution in [-0.4, -0.2) is 5.97 Å². The molecule has 0 aliphatic heterocycles. The second kappa shape index (κ2) is 5.94. The molecule has 0 N–H and O–H groups in total. The molecule has 0 radical (unpaired) electrons. The second-order valence-electron chi connectivity index (χ2n) is 3.72. The fraction of sp³-hybridized carbons (Fsp3) is 0.0714. The van der Waals surface area contributed by atoms with Crippen LogP contribution in [0.3, 0.4) is 0 Å². The molecule has 0 aliphatic rings. The number of esters is 1. The molecule has 92 valence electrons. The molecule has 0 amide bonds. The van der Waals surface area contributed by atoms with E-state index < -0.39 is 0 Å². The Bertz CT molecular complexity index is 569. The monoisotopic (exact) mass is 278 g/mol. The molecule has 0 aliphatic carbocycles. The zero-order valence-corrected chi connectivity index (χ0v) is 11.1. The molecule has 2 nitrogen and oxygen atoms in total. The Kier molecular flexibility index (Phi) is 4.28. The first kappa shape index (κ1) is 13.0. The van der Waals surface area contributed by atoms with Crippen molar-refractivity contribution in [2.24, 2.45) is 0 Å². The Balaban J connectivity index is 2.03. The van der Waals surface area contributed by atoms with Gasteiger partial charge in [0, 0.05) is 9.92 Å². The molecule has 2 aromatic carbocycles. The van der Waals surface area contributed by atoms with Gasteiger partial charge in [-0.1, -0.05) is 35.9 Å². The van der Waals surface area contributed by atoms with E-state index in [1.807, 2.05) is 18.2 Å². The molecule has 0 atom stereocenters. The predicted octanol–water partition coefficient (Wildman–Crippen LogP) is 3.99. The van der Waals surface area contributed by atoms with Crippen LogP contribution < -0.4 is 0 Å². The highest BCUT2D eigenvalue weighted by Gasteiger charge is 2.10. The molecule has 0 spiro atoms. The Morgan fingerprint density at radius 1 is 1.17 bits per heavy atom. The van der Waals surface area contributed by atoms with Gasteiger partial charge in [-0.3, -0.25) is 0 Å². The van der Waals surface area contributed by atoms with Gasteiger partial charge in [0.2, 0.25) is 0 Å². The van der Waals surface area contributed by atoms with Crippen molar-refractivity contribution in [2.45, 2.75) is 11.5 Å². The van der Waals surface area contributed by atoms with Gasteiger partial charge in [0.05, 0.1) is 5.56 Å². The quantitative estimate of drug-likeness (QED) is 0.679. The third kappa shape index (κ3) is 3.28. The summed E-state index contributed by atoms with van der Waals surface area (Å²) in [5.41, 5.74) is 1.32. The fourth-order valence-electron chi connectivity index (χ4n) is 1.50. The fourth-order valence-corrected chi connectivity index (χ4v) is 1.96. The molecule has 0 saturated carbocycles. The van der Waals surface area contributed by atoms with Crippen molar-refractivity contribution >= 4 is 30.2 Å². The van der Waals surface area contributed by atoms with E-state index in [1.54, 1.807) is 30.3 Å². The van der Waals surface area contributed by atoms with Crippen molar-refractivity contribution in [3.8, 4) is 0 Å². The summed E-state index contributed by atoms with van der Waals surface area (Å²) in [6.45, 7) is 0.196. The SMILES string of the molecule is O=C(OCc1cccc(Cl)c1)c1ccccc1S. The van der Waals surface area contributed by atoms with Gasteiger partial charge in [-0.15, -0.1) is 12.6 Å². The maximum absolute atomic E-state index is 11.8. The lowest BCUT2D eigenvalue weighted by atomic mass is 10.2. The summed E-state index contributed by atoms with van der Waals surface area (Å²) in [5, 5.41) is 0.623. The molecule has 0 unspecified atom stereocenters. The summed E-state index contributed by atoms with van der Waals surface area (Å²) < 4.78 is 5.20. The van der Waals surface area contributed by atoms with Gasteiger partial charge >= 0.3 is 5.97 Å². The van der Waals surface area contributed by atoms with E-state index in [1.165, 1.54) is 0 Å². The summed E-state index contributed by atoms with van der Waals surface area (Å²) in [7, 11) is 0. The van der Waals surface area contributed by atoms with Gasteiger partial charge in [0.15, 0.2) is 0 Å². The molecule has 2 rings (SSSR count). The average molecular weight is 279 g/mol. The van der Waals surface area contributed by atoms with Crippen molar-refractivity contribution < 1.29 is 9.53 Å². The van der Waals surface area contributed by atoms with Crippen LogP contribution in [0.4, 0.5) is 0 Å². The maximum Gasteiger partial charge on any atom is 0.339 e. The minimum absolute atomic E-state index is 0.196. The van der Waals surface area contributed by atoms with Crippen molar-refractivity contribution in [3.63, 3.8) is 0 Å². The van der Waals surface area contributed by atoms with E-state index in [9.17, 15) is 4.79 Å².